The number of aromatic nitrogens is 1. The van der Waals surface area contributed by atoms with Gasteiger partial charge in [-0.1, -0.05) is 0 Å². The van der Waals surface area contributed by atoms with Crippen molar-refractivity contribution in [3.8, 4) is 0 Å². The van der Waals surface area contributed by atoms with Gasteiger partial charge in [0.15, 0.2) is 0 Å². The summed E-state index contributed by atoms with van der Waals surface area (Å²) in [6.45, 7) is 7.63. The third kappa shape index (κ3) is 1.30. The van der Waals surface area contributed by atoms with Crippen LogP contribution in [0.25, 0.3) is 11.0 Å². The molecule has 0 fully saturated rings. The summed E-state index contributed by atoms with van der Waals surface area (Å²) in [6, 6.07) is 0. The molecule has 0 saturated carbocycles. The second-order valence-corrected chi connectivity index (χ2v) is 4.05. The van der Waals surface area contributed by atoms with Gasteiger partial charge in [-0.3, -0.25) is 9.78 Å². The van der Waals surface area contributed by atoms with Gasteiger partial charge in [-0.05, 0) is 49.9 Å². The summed E-state index contributed by atoms with van der Waals surface area (Å²) in [5.41, 5.74) is 3.84. The third-order valence-electron chi connectivity index (χ3n) is 3.27. The normalized spacial score (nSPS) is 11.0. The van der Waals surface area contributed by atoms with Crippen LogP contribution in [0, 0.1) is 27.7 Å². The molecule has 1 N–H and O–H groups in total. The average molecular weight is 219 g/mol. The molecule has 0 aliphatic carbocycles. The number of hydrogen-bond donors (Lipinski definition) is 1. The molecule has 4 nitrogen and oxygen atoms in total. The molecule has 2 rings (SSSR count). The molecule has 0 atom stereocenters. The third-order valence-corrected chi connectivity index (χ3v) is 3.27. The topological polar surface area (TPSA) is 63.1 Å². The van der Waals surface area contributed by atoms with Crippen molar-refractivity contribution in [2.75, 3.05) is 0 Å². The van der Waals surface area contributed by atoms with Crippen molar-refractivity contribution in [1.29, 1.82) is 0 Å². The molecule has 0 unspecified atom stereocenters. The van der Waals surface area contributed by atoms with E-state index in [0.717, 1.165) is 22.3 Å². The van der Waals surface area contributed by atoms with Gasteiger partial charge in [0, 0.05) is 0 Å². The van der Waals surface area contributed by atoms with Crippen molar-refractivity contribution >= 4 is 11.0 Å². The lowest BCUT2D eigenvalue weighted by Gasteiger charge is -2.11. The van der Waals surface area contributed by atoms with Crippen LogP contribution in [-0.2, 0) is 0 Å². The SMILES string of the molecule is Cc1c(C)c(C)c2c(=O)[nH]c(=O)oc2c1C. The lowest BCUT2D eigenvalue weighted by molar-refractivity contribution is 0.525. The molecule has 4 heteroatoms. The van der Waals surface area contributed by atoms with E-state index in [1.807, 2.05) is 27.7 Å². The van der Waals surface area contributed by atoms with Crippen LogP contribution in [0.15, 0.2) is 14.0 Å². The minimum atomic E-state index is -0.705. The van der Waals surface area contributed by atoms with Gasteiger partial charge in [-0.2, -0.15) is 0 Å². The lowest BCUT2D eigenvalue weighted by Crippen LogP contribution is -2.20. The van der Waals surface area contributed by atoms with Gasteiger partial charge < -0.3 is 4.42 Å². The molecule has 0 spiro atoms. The zero-order valence-corrected chi connectivity index (χ0v) is 9.72. The minimum Gasteiger partial charge on any atom is -0.409 e. The van der Waals surface area contributed by atoms with Crippen LogP contribution in [0.5, 0.6) is 0 Å². The van der Waals surface area contributed by atoms with Crippen molar-refractivity contribution in [1.82, 2.24) is 4.98 Å². The van der Waals surface area contributed by atoms with Crippen LogP contribution in [0.2, 0.25) is 0 Å². The summed E-state index contributed by atoms with van der Waals surface area (Å²) < 4.78 is 5.08. The molecule has 1 aromatic carbocycles. The molecule has 1 heterocycles. The predicted octanol–water partition coefficient (Wildman–Crippen LogP) is 1.71. The average Bonchev–Trinajstić information content (AvgIpc) is 2.22. The van der Waals surface area contributed by atoms with E-state index in [-0.39, 0.29) is 5.56 Å². The molecule has 16 heavy (non-hydrogen) atoms. The standard InChI is InChI=1S/C12H13NO3/c1-5-6(2)8(4)10-9(7(5)3)11(14)13-12(15)16-10/h1-4H3,(H,13,14,15). The molecule has 0 aliphatic heterocycles. The maximum Gasteiger partial charge on any atom is 0.419 e. The molecule has 0 radical (unpaired) electrons. The first kappa shape index (κ1) is 10.7. The molecule has 2 aromatic rings. The van der Waals surface area contributed by atoms with Gasteiger partial charge >= 0.3 is 5.76 Å². The number of benzene rings is 1. The van der Waals surface area contributed by atoms with E-state index in [0.29, 0.717) is 11.0 Å². The quantitative estimate of drug-likeness (QED) is 0.733. The Balaban J connectivity index is 3.21. The van der Waals surface area contributed by atoms with Gasteiger partial charge in [0.25, 0.3) is 5.56 Å². The zero-order valence-electron chi connectivity index (χ0n) is 9.72. The molecule has 1 aromatic heterocycles. The van der Waals surface area contributed by atoms with Crippen molar-refractivity contribution in [3.05, 3.63) is 43.2 Å². The Morgan fingerprint density at radius 1 is 0.875 bits per heavy atom. The summed E-state index contributed by atoms with van der Waals surface area (Å²) in [6.07, 6.45) is 0. The number of H-pyrrole nitrogens is 1. The van der Waals surface area contributed by atoms with Crippen molar-refractivity contribution < 1.29 is 4.42 Å². The van der Waals surface area contributed by atoms with Crippen LogP contribution in [0.4, 0.5) is 0 Å². The van der Waals surface area contributed by atoms with Gasteiger partial charge in [0.05, 0.1) is 5.39 Å². The Morgan fingerprint density at radius 2 is 1.44 bits per heavy atom. The van der Waals surface area contributed by atoms with E-state index in [1.54, 1.807) is 0 Å². The van der Waals surface area contributed by atoms with Crippen molar-refractivity contribution in [2.24, 2.45) is 0 Å². The Morgan fingerprint density at radius 3 is 2.06 bits per heavy atom. The molecule has 0 aliphatic rings. The summed E-state index contributed by atoms with van der Waals surface area (Å²) in [5.74, 6) is -0.705. The fraction of sp³-hybridized carbons (Fsp3) is 0.333. The highest BCUT2D eigenvalue weighted by atomic mass is 16.4. The maximum atomic E-state index is 11.7. The van der Waals surface area contributed by atoms with Gasteiger partial charge in [-0.25, -0.2) is 4.79 Å². The first-order valence-electron chi connectivity index (χ1n) is 5.07. The van der Waals surface area contributed by atoms with E-state index in [9.17, 15) is 9.59 Å². The molecule has 0 saturated heterocycles. The second-order valence-electron chi connectivity index (χ2n) is 4.05. The summed E-state index contributed by atoms with van der Waals surface area (Å²) in [7, 11) is 0. The van der Waals surface area contributed by atoms with E-state index < -0.39 is 5.76 Å². The smallest absolute Gasteiger partial charge is 0.409 e. The molecular formula is C12H13NO3. The molecule has 0 bridgehead atoms. The Bertz CT molecular complexity index is 692. The van der Waals surface area contributed by atoms with Crippen LogP contribution < -0.4 is 11.3 Å². The number of nitrogens with one attached hydrogen (secondary N) is 1. The fourth-order valence-electron chi connectivity index (χ4n) is 1.95. The molecule has 0 amide bonds. The number of fused-ring (bicyclic) bond motifs is 1. The lowest BCUT2D eigenvalue weighted by atomic mass is 9.96. The van der Waals surface area contributed by atoms with Crippen LogP contribution in [0.3, 0.4) is 0 Å². The summed E-state index contributed by atoms with van der Waals surface area (Å²) in [5, 5.41) is 0.472. The van der Waals surface area contributed by atoms with E-state index in [4.69, 9.17) is 4.42 Å². The first-order valence-corrected chi connectivity index (χ1v) is 5.07. The highest BCUT2D eigenvalue weighted by Gasteiger charge is 2.14. The fourth-order valence-corrected chi connectivity index (χ4v) is 1.95. The van der Waals surface area contributed by atoms with Crippen LogP contribution >= 0.6 is 0 Å². The van der Waals surface area contributed by atoms with Crippen LogP contribution in [0.1, 0.15) is 22.3 Å². The molecule has 84 valence electrons. The van der Waals surface area contributed by atoms with E-state index >= 15 is 0 Å². The largest absolute Gasteiger partial charge is 0.419 e. The Labute approximate surface area is 91.9 Å². The highest BCUT2D eigenvalue weighted by molar-refractivity contribution is 5.84. The second kappa shape index (κ2) is 3.33. The van der Waals surface area contributed by atoms with Crippen LogP contribution in [-0.4, -0.2) is 4.98 Å². The summed E-state index contributed by atoms with van der Waals surface area (Å²) >= 11 is 0. The first-order chi connectivity index (χ1) is 7.43. The number of rotatable bonds is 0. The van der Waals surface area contributed by atoms with E-state index in [1.165, 1.54) is 0 Å². The minimum absolute atomic E-state index is 0.380. The predicted molar refractivity (Wildman–Crippen MR) is 62.1 cm³/mol. The maximum absolute atomic E-state index is 11.7. The van der Waals surface area contributed by atoms with Gasteiger partial charge in [0.2, 0.25) is 0 Å². The number of aromatic amines is 1. The highest BCUT2D eigenvalue weighted by Crippen LogP contribution is 2.25. The Kier molecular flexibility index (Phi) is 2.22. The number of hydrogen-bond acceptors (Lipinski definition) is 3. The number of aryl methyl sites for hydroxylation is 2. The monoisotopic (exact) mass is 219 g/mol. The van der Waals surface area contributed by atoms with Gasteiger partial charge in [0.1, 0.15) is 5.58 Å². The van der Waals surface area contributed by atoms with E-state index in [2.05, 4.69) is 4.98 Å². The Hall–Kier alpha value is -1.84. The van der Waals surface area contributed by atoms with Gasteiger partial charge in [-0.15, -0.1) is 0 Å². The van der Waals surface area contributed by atoms with Crippen molar-refractivity contribution in [3.63, 3.8) is 0 Å². The molecular weight excluding hydrogens is 206 g/mol. The summed E-state index contributed by atoms with van der Waals surface area (Å²) in [4.78, 5) is 25.0. The zero-order chi connectivity index (χ0) is 12.0. The van der Waals surface area contributed by atoms with Crippen molar-refractivity contribution in [2.45, 2.75) is 27.7 Å².